The number of rotatable bonds is 6. The third kappa shape index (κ3) is 4.87. The molecule has 130 valence electrons. The van der Waals surface area contributed by atoms with Crippen molar-refractivity contribution in [1.82, 2.24) is 4.98 Å². The van der Waals surface area contributed by atoms with Crippen LogP contribution in [-0.2, 0) is 0 Å². The number of pyridine rings is 1. The number of ether oxygens (including phenoxy) is 1. The van der Waals surface area contributed by atoms with Gasteiger partial charge in [-0.3, -0.25) is 15.5 Å². The molecule has 0 amide bonds. The summed E-state index contributed by atoms with van der Waals surface area (Å²) < 4.78 is 6.56. The van der Waals surface area contributed by atoms with E-state index in [-0.39, 0.29) is 11.6 Å². The van der Waals surface area contributed by atoms with Crippen LogP contribution in [0.5, 0.6) is 11.6 Å². The summed E-state index contributed by atoms with van der Waals surface area (Å²) in [6, 6.07) is 17.7. The third-order valence-electron chi connectivity index (χ3n) is 3.29. The number of nitro groups is 1. The molecule has 0 bridgehead atoms. The topological polar surface area (TPSA) is 89.7 Å². The number of nitrogens with one attached hydrogen (secondary N) is 1. The number of halogens is 1. The molecule has 0 spiro atoms. The molecule has 3 rings (SSSR count). The standard InChI is InChI=1S/C18H13BrN4O3/c19-14-3-5-15(6-4-14)22-21-11-13-1-8-17(9-2-13)26-18-10-7-16(12-20-18)23(24)25/h1-12,22H/b21-11+. The molecular formula is C18H13BrN4O3. The van der Waals surface area contributed by atoms with E-state index in [0.29, 0.717) is 5.75 Å². The number of nitrogens with zero attached hydrogens (tertiary/aromatic N) is 3. The Labute approximate surface area is 157 Å². The first-order valence-electron chi connectivity index (χ1n) is 7.53. The highest BCUT2D eigenvalue weighted by Crippen LogP contribution is 2.21. The molecule has 0 saturated heterocycles. The molecule has 0 aliphatic heterocycles. The highest BCUT2D eigenvalue weighted by atomic mass is 79.9. The minimum absolute atomic E-state index is 0.0813. The van der Waals surface area contributed by atoms with Crippen LogP contribution < -0.4 is 10.2 Å². The third-order valence-corrected chi connectivity index (χ3v) is 3.81. The fraction of sp³-hybridized carbons (Fsp3) is 0. The fourth-order valence-corrected chi connectivity index (χ4v) is 2.25. The molecule has 7 nitrogen and oxygen atoms in total. The van der Waals surface area contributed by atoms with Crippen LogP contribution in [0.15, 0.2) is 76.4 Å². The molecule has 0 radical (unpaired) electrons. The normalized spacial score (nSPS) is 10.7. The van der Waals surface area contributed by atoms with Crippen LogP contribution in [0.1, 0.15) is 5.56 Å². The van der Waals surface area contributed by atoms with Gasteiger partial charge in [0.05, 0.1) is 16.8 Å². The van der Waals surface area contributed by atoms with Crippen LogP contribution in [0.3, 0.4) is 0 Å². The number of benzene rings is 2. The van der Waals surface area contributed by atoms with Gasteiger partial charge in [0.15, 0.2) is 0 Å². The summed E-state index contributed by atoms with van der Waals surface area (Å²) in [6.45, 7) is 0. The van der Waals surface area contributed by atoms with Gasteiger partial charge >= 0.3 is 0 Å². The molecule has 0 fully saturated rings. The number of anilines is 1. The highest BCUT2D eigenvalue weighted by Gasteiger charge is 2.06. The molecule has 8 heteroatoms. The van der Waals surface area contributed by atoms with Crippen molar-refractivity contribution in [2.24, 2.45) is 5.10 Å². The molecule has 26 heavy (non-hydrogen) atoms. The summed E-state index contributed by atoms with van der Waals surface area (Å²) in [4.78, 5) is 14.0. The van der Waals surface area contributed by atoms with Crippen molar-refractivity contribution in [3.05, 3.63) is 87.0 Å². The Morgan fingerprint density at radius 1 is 1.08 bits per heavy atom. The summed E-state index contributed by atoms with van der Waals surface area (Å²) >= 11 is 3.38. The van der Waals surface area contributed by atoms with Gasteiger partial charge in [-0.25, -0.2) is 4.98 Å². The van der Waals surface area contributed by atoms with Gasteiger partial charge in [-0.2, -0.15) is 5.10 Å². The van der Waals surface area contributed by atoms with E-state index >= 15 is 0 Å². The van der Waals surface area contributed by atoms with Crippen molar-refractivity contribution in [1.29, 1.82) is 0 Å². The maximum Gasteiger partial charge on any atom is 0.287 e. The van der Waals surface area contributed by atoms with Gasteiger partial charge in [-0.05, 0) is 54.1 Å². The number of hydrazone groups is 1. The second-order valence-corrected chi connectivity index (χ2v) is 6.08. The minimum atomic E-state index is -0.507. The summed E-state index contributed by atoms with van der Waals surface area (Å²) in [5, 5.41) is 14.8. The lowest BCUT2D eigenvalue weighted by molar-refractivity contribution is -0.385. The van der Waals surface area contributed by atoms with E-state index in [2.05, 4.69) is 31.4 Å². The van der Waals surface area contributed by atoms with Crippen LogP contribution >= 0.6 is 15.9 Å². The van der Waals surface area contributed by atoms with Crippen LogP contribution in [0.4, 0.5) is 11.4 Å². The predicted molar refractivity (Wildman–Crippen MR) is 103 cm³/mol. The maximum absolute atomic E-state index is 10.6. The Morgan fingerprint density at radius 2 is 1.81 bits per heavy atom. The second-order valence-electron chi connectivity index (χ2n) is 5.16. The number of aromatic nitrogens is 1. The summed E-state index contributed by atoms with van der Waals surface area (Å²) in [5.74, 6) is 0.860. The second kappa shape index (κ2) is 8.21. The first kappa shape index (κ1) is 17.6. The summed E-state index contributed by atoms with van der Waals surface area (Å²) in [5.41, 5.74) is 4.63. The lowest BCUT2D eigenvalue weighted by atomic mass is 10.2. The fourth-order valence-electron chi connectivity index (χ4n) is 1.99. The number of hydrogen-bond acceptors (Lipinski definition) is 6. The van der Waals surface area contributed by atoms with Gasteiger partial charge in [0, 0.05) is 16.6 Å². The molecule has 0 aliphatic rings. The van der Waals surface area contributed by atoms with Crippen LogP contribution in [-0.4, -0.2) is 16.1 Å². The van der Waals surface area contributed by atoms with E-state index in [9.17, 15) is 10.1 Å². The Morgan fingerprint density at radius 3 is 2.42 bits per heavy atom. The number of hydrogen-bond donors (Lipinski definition) is 1. The first-order valence-corrected chi connectivity index (χ1v) is 8.32. The molecule has 0 saturated carbocycles. The molecule has 2 aromatic carbocycles. The zero-order valence-corrected chi connectivity index (χ0v) is 15.0. The van der Waals surface area contributed by atoms with E-state index in [1.165, 1.54) is 12.1 Å². The Kier molecular flexibility index (Phi) is 5.55. The molecule has 3 aromatic rings. The molecule has 0 aliphatic carbocycles. The van der Waals surface area contributed by atoms with Gasteiger partial charge < -0.3 is 4.74 Å². The molecular weight excluding hydrogens is 400 g/mol. The van der Waals surface area contributed by atoms with Crippen molar-refractivity contribution in [2.45, 2.75) is 0 Å². The zero-order valence-electron chi connectivity index (χ0n) is 13.4. The van der Waals surface area contributed by atoms with Crippen LogP contribution in [0, 0.1) is 10.1 Å². The average Bonchev–Trinajstić information content (AvgIpc) is 2.65. The van der Waals surface area contributed by atoms with Gasteiger partial charge in [0.1, 0.15) is 11.9 Å². The largest absolute Gasteiger partial charge is 0.439 e. The Balaban J connectivity index is 1.58. The monoisotopic (exact) mass is 412 g/mol. The SMILES string of the molecule is O=[N+]([O-])c1ccc(Oc2ccc(/C=N/Nc3ccc(Br)cc3)cc2)nc1. The van der Waals surface area contributed by atoms with E-state index in [1.54, 1.807) is 18.3 Å². The van der Waals surface area contributed by atoms with E-state index in [4.69, 9.17) is 4.74 Å². The highest BCUT2D eigenvalue weighted by molar-refractivity contribution is 9.10. The van der Waals surface area contributed by atoms with E-state index in [0.717, 1.165) is 21.9 Å². The molecule has 1 aromatic heterocycles. The maximum atomic E-state index is 10.6. The summed E-state index contributed by atoms with van der Waals surface area (Å²) in [6.07, 6.45) is 2.85. The van der Waals surface area contributed by atoms with Crippen molar-refractivity contribution in [3.63, 3.8) is 0 Å². The first-order chi connectivity index (χ1) is 12.6. The van der Waals surface area contributed by atoms with Gasteiger partial charge in [0.2, 0.25) is 5.88 Å². The Bertz CT molecular complexity index is 911. The van der Waals surface area contributed by atoms with E-state index in [1.807, 2.05) is 36.4 Å². The summed E-state index contributed by atoms with van der Waals surface area (Å²) in [7, 11) is 0. The van der Waals surface area contributed by atoms with Crippen LogP contribution in [0.2, 0.25) is 0 Å². The van der Waals surface area contributed by atoms with E-state index < -0.39 is 4.92 Å². The lowest BCUT2D eigenvalue weighted by Gasteiger charge is -2.04. The van der Waals surface area contributed by atoms with Crippen molar-refractivity contribution >= 4 is 33.5 Å². The predicted octanol–water partition coefficient (Wildman–Crippen LogP) is 4.99. The minimum Gasteiger partial charge on any atom is -0.439 e. The van der Waals surface area contributed by atoms with Gasteiger partial charge in [-0.1, -0.05) is 15.9 Å². The molecule has 1 heterocycles. The van der Waals surface area contributed by atoms with Gasteiger partial charge in [0.25, 0.3) is 5.69 Å². The smallest absolute Gasteiger partial charge is 0.287 e. The van der Waals surface area contributed by atoms with Crippen molar-refractivity contribution < 1.29 is 9.66 Å². The molecule has 0 unspecified atom stereocenters. The average molecular weight is 413 g/mol. The van der Waals surface area contributed by atoms with Crippen molar-refractivity contribution in [2.75, 3.05) is 5.43 Å². The van der Waals surface area contributed by atoms with Crippen LogP contribution in [0.25, 0.3) is 0 Å². The zero-order chi connectivity index (χ0) is 18.4. The lowest BCUT2D eigenvalue weighted by Crippen LogP contribution is -1.92. The van der Waals surface area contributed by atoms with Crippen molar-refractivity contribution in [3.8, 4) is 11.6 Å². The molecule has 0 atom stereocenters. The molecule has 1 N–H and O–H groups in total. The quantitative estimate of drug-likeness (QED) is 0.349. The Hall–Kier alpha value is -3.26. The van der Waals surface area contributed by atoms with Gasteiger partial charge in [-0.15, -0.1) is 0 Å².